The van der Waals surface area contributed by atoms with Crippen molar-refractivity contribution in [2.24, 2.45) is 0 Å². The van der Waals surface area contributed by atoms with E-state index in [1.807, 2.05) is 16.7 Å². The largest absolute Gasteiger partial charge is 0.545 e. The van der Waals surface area contributed by atoms with Gasteiger partial charge in [-0.25, -0.2) is 4.98 Å². The second-order valence-electron chi connectivity index (χ2n) is 7.81. The van der Waals surface area contributed by atoms with Gasteiger partial charge in [-0.05, 0) is 43.4 Å². The molecule has 0 atom stereocenters. The number of ether oxygens (including phenoxy) is 1. The maximum absolute atomic E-state index is 12.5. The number of rotatable bonds is 5. The molecule has 1 saturated heterocycles. The number of aromatic nitrogens is 3. The number of carbonyl (C=O) groups is 2. The SMILES string of the molecule is CCn1cc(C(=O)[O-])c(=O)c2cnc(N3CCN(C(=S)NC(=O)c4ccc(OC)cc4)CC3)nc21. The van der Waals surface area contributed by atoms with Crippen molar-refractivity contribution in [1.29, 1.82) is 0 Å². The first kappa shape index (κ1) is 24.1. The predicted molar refractivity (Wildman–Crippen MR) is 131 cm³/mol. The second kappa shape index (κ2) is 10.1. The smallest absolute Gasteiger partial charge is 0.257 e. The van der Waals surface area contributed by atoms with Gasteiger partial charge in [-0.2, -0.15) is 4.98 Å². The number of anilines is 1. The van der Waals surface area contributed by atoms with E-state index >= 15 is 0 Å². The third-order valence-electron chi connectivity index (χ3n) is 5.79. The summed E-state index contributed by atoms with van der Waals surface area (Å²) < 4.78 is 6.70. The fraction of sp³-hybridized carbons (Fsp3) is 0.304. The summed E-state index contributed by atoms with van der Waals surface area (Å²) >= 11 is 5.43. The zero-order chi connectivity index (χ0) is 25.1. The van der Waals surface area contributed by atoms with Crippen LogP contribution in [0.1, 0.15) is 27.6 Å². The summed E-state index contributed by atoms with van der Waals surface area (Å²) in [5.41, 5.74) is -0.258. The van der Waals surface area contributed by atoms with E-state index in [1.165, 1.54) is 12.4 Å². The highest BCUT2D eigenvalue weighted by Gasteiger charge is 2.23. The molecule has 0 unspecified atom stereocenters. The van der Waals surface area contributed by atoms with Crippen molar-refractivity contribution >= 4 is 46.2 Å². The Balaban J connectivity index is 1.44. The van der Waals surface area contributed by atoms with Crippen molar-refractivity contribution in [3.63, 3.8) is 0 Å². The molecular weight excluding hydrogens is 472 g/mol. The number of pyridine rings is 1. The number of hydrogen-bond donors (Lipinski definition) is 1. The summed E-state index contributed by atoms with van der Waals surface area (Å²) in [6.07, 6.45) is 2.60. The number of aryl methyl sites for hydroxylation is 1. The van der Waals surface area contributed by atoms with Gasteiger partial charge in [-0.3, -0.25) is 14.9 Å². The van der Waals surface area contributed by atoms with Gasteiger partial charge in [0, 0.05) is 50.7 Å². The molecule has 1 N–H and O–H groups in total. The molecule has 11 nitrogen and oxygen atoms in total. The first-order chi connectivity index (χ1) is 16.8. The number of benzene rings is 1. The summed E-state index contributed by atoms with van der Waals surface area (Å²) in [5.74, 6) is -0.750. The third-order valence-corrected chi connectivity index (χ3v) is 6.15. The van der Waals surface area contributed by atoms with Crippen molar-refractivity contribution in [1.82, 2.24) is 24.8 Å². The lowest BCUT2D eigenvalue weighted by atomic mass is 10.2. The highest BCUT2D eigenvalue weighted by atomic mass is 32.1. The number of carboxylic acids is 1. The molecule has 1 aromatic carbocycles. The van der Waals surface area contributed by atoms with Crippen LogP contribution in [0.5, 0.6) is 5.75 Å². The Kier molecular flexibility index (Phi) is 6.92. The van der Waals surface area contributed by atoms with Crippen LogP contribution in [-0.2, 0) is 6.54 Å². The molecule has 0 aliphatic carbocycles. The van der Waals surface area contributed by atoms with E-state index in [0.29, 0.717) is 60.7 Å². The van der Waals surface area contributed by atoms with Gasteiger partial charge in [-0.15, -0.1) is 0 Å². The van der Waals surface area contributed by atoms with Crippen LogP contribution in [0.2, 0.25) is 0 Å². The lowest BCUT2D eigenvalue weighted by Crippen LogP contribution is -2.53. The Bertz CT molecular complexity index is 1350. The molecule has 0 spiro atoms. The normalized spacial score (nSPS) is 13.5. The van der Waals surface area contributed by atoms with Crippen molar-refractivity contribution in [3.8, 4) is 5.75 Å². The molecule has 182 valence electrons. The van der Waals surface area contributed by atoms with E-state index in [9.17, 15) is 19.5 Å². The third kappa shape index (κ3) is 4.92. The van der Waals surface area contributed by atoms with Gasteiger partial charge in [0.05, 0.1) is 24.0 Å². The van der Waals surface area contributed by atoms with Gasteiger partial charge in [0.25, 0.3) is 5.91 Å². The molecule has 0 bridgehead atoms. The zero-order valence-corrected chi connectivity index (χ0v) is 20.0. The highest BCUT2D eigenvalue weighted by molar-refractivity contribution is 7.80. The van der Waals surface area contributed by atoms with Crippen LogP contribution in [-0.4, -0.2) is 69.7 Å². The van der Waals surface area contributed by atoms with Crippen molar-refractivity contribution in [2.45, 2.75) is 13.5 Å². The predicted octanol–water partition coefficient (Wildman–Crippen LogP) is 0.0204. The van der Waals surface area contributed by atoms with E-state index < -0.39 is 17.0 Å². The minimum absolute atomic E-state index is 0.123. The van der Waals surface area contributed by atoms with E-state index in [-0.39, 0.29) is 11.3 Å². The average molecular weight is 496 g/mol. The number of nitrogens with zero attached hydrogens (tertiary/aromatic N) is 5. The number of methoxy groups -OCH3 is 1. The highest BCUT2D eigenvalue weighted by Crippen LogP contribution is 2.16. The van der Waals surface area contributed by atoms with Crippen molar-refractivity contribution < 1.29 is 19.4 Å². The Labute approximate surface area is 206 Å². The fourth-order valence-electron chi connectivity index (χ4n) is 3.80. The molecule has 12 heteroatoms. The minimum atomic E-state index is -1.53. The molecule has 3 heterocycles. The number of piperazine rings is 1. The van der Waals surface area contributed by atoms with Crippen LogP contribution in [0.4, 0.5) is 5.95 Å². The summed E-state index contributed by atoms with van der Waals surface area (Å²) in [6.45, 7) is 4.39. The zero-order valence-electron chi connectivity index (χ0n) is 19.2. The number of aromatic carboxylic acids is 1. The summed E-state index contributed by atoms with van der Waals surface area (Å²) in [5, 5.41) is 14.5. The minimum Gasteiger partial charge on any atom is -0.545 e. The number of thiocarbonyl (C=S) groups is 1. The maximum atomic E-state index is 12.5. The van der Waals surface area contributed by atoms with Crippen LogP contribution in [0.25, 0.3) is 11.0 Å². The summed E-state index contributed by atoms with van der Waals surface area (Å²) in [4.78, 5) is 48.9. The molecule has 1 fully saturated rings. The number of nitrogens with one attached hydrogen (secondary N) is 1. The Morgan fingerprint density at radius 3 is 2.46 bits per heavy atom. The van der Waals surface area contributed by atoms with Crippen LogP contribution >= 0.6 is 12.2 Å². The quantitative estimate of drug-likeness (QED) is 0.483. The summed E-state index contributed by atoms with van der Waals surface area (Å²) in [6, 6.07) is 6.74. The molecule has 4 rings (SSSR count). The first-order valence-electron chi connectivity index (χ1n) is 10.9. The van der Waals surface area contributed by atoms with Gasteiger partial charge in [0.15, 0.2) is 5.11 Å². The number of fused-ring (bicyclic) bond motifs is 1. The number of carboxylic acid groups (broad SMARTS) is 1. The molecule has 3 aromatic rings. The Morgan fingerprint density at radius 1 is 1.17 bits per heavy atom. The lowest BCUT2D eigenvalue weighted by molar-refractivity contribution is -0.255. The van der Waals surface area contributed by atoms with E-state index in [0.717, 1.165) is 0 Å². The summed E-state index contributed by atoms with van der Waals surface area (Å²) in [7, 11) is 1.56. The van der Waals surface area contributed by atoms with E-state index in [2.05, 4.69) is 15.3 Å². The van der Waals surface area contributed by atoms with Gasteiger partial charge in [-0.1, -0.05) is 0 Å². The van der Waals surface area contributed by atoms with E-state index in [1.54, 1.807) is 35.9 Å². The van der Waals surface area contributed by atoms with Gasteiger partial charge in [0.1, 0.15) is 11.4 Å². The van der Waals surface area contributed by atoms with E-state index in [4.69, 9.17) is 17.0 Å². The van der Waals surface area contributed by atoms with Gasteiger partial charge < -0.3 is 29.0 Å². The Morgan fingerprint density at radius 2 is 1.86 bits per heavy atom. The van der Waals surface area contributed by atoms with Crippen molar-refractivity contribution in [3.05, 3.63) is 58.0 Å². The molecule has 0 saturated carbocycles. The lowest BCUT2D eigenvalue weighted by Gasteiger charge is -2.36. The Hall–Kier alpha value is -4.06. The standard InChI is InChI=1S/C23H24N6O5S/c1-3-27-13-17(21(32)33)18(30)16-12-24-22(25-19(16)27)28-8-10-29(11-9-28)23(35)26-20(31)14-4-6-15(34-2)7-5-14/h4-7,12-13H,3,8-11H2,1-2H3,(H,32,33)(H,26,31,35)/p-1. The number of hydrogen-bond acceptors (Lipinski definition) is 9. The average Bonchev–Trinajstić information content (AvgIpc) is 2.88. The van der Waals surface area contributed by atoms with Crippen LogP contribution in [0.15, 0.2) is 41.5 Å². The maximum Gasteiger partial charge on any atom is 0.257 e. The molecule has 35 heavy (non-hydrogen) atoms. The first-order valence-corrected chi connectivity index (χ1v) is 11.3. The monoisotopic (exact) mass is 495 g/mol. The topological polar surface area (TPSA) is 133 Å². The van der Waals surface area contributed by atoms with Crippen molar-refractivity contribution in [2.75, 3.05) is 38.2 Å². The molecule has 2 aromatic heterocycles. The molecule has 1 amide bonds. The second-order valence-corrected chi connectivity index (χ2v) is 8.20. The number of carbonyl (C=O) groups excluding carboxylic acids is 2. The fourth-order valence-corrected chi connectivity index (χ4v) is 4.08. The van der Waals surface area contributed by atoms with Crippen LogP contribution < -0.4 is 25.5 Å². The van der Waals surface area contributed by atoms with Crippen LogP contribution in [0, 0.1) is 0 Å². The van der Waals surface area contributed by atoms with Gasteiger partial charge in [0.2, 0.25) is 11.4 Å². The van der Waals surface area contributed by atoms with Crippen LogP contribution in [0.3, 0.4) is 0 Å². The number of amides is 1. The molecular formula is C23H23N6O5S-. The molecule has 0 radical (unpaired) electrons. The molecule has 1 aliphatic heterocycles. The van der Waals surface area contributed by atoms with Gasteiger partial charge >= 0.3 is 0 Å². The molecule has 1 aliphatic rings.